The summed E-state index contributed by atoms with van der Waals surface area (Å²) in [6, 6.07) is 16.7. The Bertz CT molecular complexity index is 1360. The van der Waals surface area contributed by atoms with Crippen molar-refractivity contribution >= 4 is 21.6 Å². The van der Waals surface area contributed by atoms with Gasteiger partial charge in [-0.15, -0.1) is 0 Å². The molecular weight excluding hydrogens is 468 g/mol. The normalized spacial score (nSPS) is 16.3. The lowest BCUT2D eigenvalue weighted by molar-refractivity contribution is 0.102. The number of anilines is 1. The molecule has 0 unspecified atom stereocenters. The molecule has 1 N–H and O–H groups in total. The smallest absolute Gasteiger partial charge is 0.259 e. The highest BCUT2D eigenvalue weighted by Gasteiger charge is 2.34. The highest BCUT2D eigenvalue weighted by atomic mass is 32.2. The molecule has 0 aromatic heterocycles. The van der Waals surface area contributed by atoms with E-state index in [-0.39, 0.29) is 22.0 Å². The summed E-state index contributed by atoms with van der Waals surface area (Å²) in [5.41, 5.74) is 0.619. The number of para-hydroxylation sites is 2. The van der Waals surface area contributed by atoms with Gasteiger partial charge < -0.3 is 19.5 Å². The van der Waals surface area contributed by atoms with E-state index in [2.05, 4.69) is 12.2 Å². The number of hydrogen-bond donors (Lipinski definition) is 1. The first-order valence-electron chi connectivity index (χ1n) is 11.4. The van der Waals surface area contributed by atoms with Crippen molar-refractivity contribution in [1.29, 1.82) is 0 Å². The van der Waals surface area contributed by atoms with E-state index in [0.29, 0.717) is 41.9 Å². The number of amides is 1. The quantitative estimate of drug-likeness (QED) is 0.520. The lowest BCUT2D eigenvalue weighted by Gasteiger charge is -2.30. The number of methoxy groups -OCH3 is 1. The lowest BCUT2D eigenvalue weighted by Crippen LogP contribution is -2.38. The molecule has 5 rings (SSSR count). The van der Waals surface area contributed by atoms with E-state index >= 15 is 0 Å². The molecule has 0 radical (unpaired) electrons. The summed E-state index contributed by atoms with van der Waals surface area (Å²) in [5.74, 6) is 1.82. The first kappa shape index (κ1) is 23.2. The van der Waals surface area contributed by atoms with Gasteiger partial charge in [-0.25, -0.2) is 8.42 Å². The minimum absolute atomic E-state index is 0.0775. The van der Waals surface area contributed by atoms with Crippen LogP contribution in [0.15, 0.2) is 65.6 Å². The van der Waals surface area contributed by atoms with E-state index in [9.17, 15) is 13.2 Å². The molecule has 9 heteroatoms. The zero-order chi connectivity index (χ0) is 24.6. The van der Waals surface area contributed by atoms with Gasteiger partial charge in [0.15, 0.2) is 11.5 Å². The third-order valence-electron chi connectivity index (χ3n) is 6.29. The Morgan fingerprint density at radius 1 is 0.971 bits per heavy atom. The maximum atomic E-state index is 13.8. The molecule has 35 heavy (non-hydrogen) atoms. The predicted molar refractivity (Wildman–Crippen MR) is 131 cm³/mol. The fourth-order valence-electron chi connectivity index (χ4n) is 4.19. The van der Waals surface area contributed by atoms with Gasteiger partial charge in [0.1, 0.15) is 22.1 Å². The summed E-state index contributed by atoms with van der Waals surface area (Å²) in [7, 11) is -2.37. The Morgan fingerprint density at radius 2 is 1.66 bits per heavy atom. The zero-order valence-electron chi connectivity index (χ0n) is 19.5. The molecule has 1 fully saturated rings. The summed E-state index contributed by atoms with van der Waals surface area (Å²) in [5, 5.41) is 2.80. The van der Waals surface area contributed by atoms with Crippen molar-refractivity contribution in [3.05, 3.63) is 66.2 Å². The molecule has 0 atom stereocenters. The van der Waals surface area contributed by atoms with Gasteiger partial charge in [-0.3, -0.25) is 4.79 Å². The van der Waals surface area contributed by atoms with Crippen LogP contribution in [0.4, 0.5) is 5.69 Å². The summed E-state index contributed by atoms with van der Waals surface area (Å²) in [6.45, 7) is 2.94. The van der Waals surface area contributed by atoms with Crippen molar-refractivity contribution in [2.45, 2.75) is 24.7 Å². The highest BCUT2D eigenvalue weighted by Crippen LogP contribution is 2.42. The number of sulfonamides is 1. The zero-order valence-corrected chi connectivity index (χ0v) is 20.3. The van der Waals surface area contributed by atoms with E-state index < -0.39 is 15.9 Å². The maximum absolute atomic E-state index is 13.8. The molecule has 0 bridgehead atoms. The number of carbonyl (C=O) groups excluding carboxylic acids is 1. The second kappa shape index (κ2) is 9.24. The SMILES string of the molecule is COc1ccc(Oc2cc3c(cc2S(=O)(=O)N2CCC(C)CC2)C(=O)Nc2ccccc2O3)cc1. The third-order valence-corrected chi connectivity index (χ3v) is 8.21. The van der Waals surface area contributed by atoms with Gasteiger partial charge >= 0.3 is 0 Å². The Kier molecular flexibility index (Phi) is 6.12. The fourth-order valence-corrected chi connectivity index (χ4v) is 5.78. The number of carbonyl (C=O) groups is 1. The number of nitrogens with zero attached hydrogens (tertiary/aromatic N) is 1. The van der Waals surface area contributed by atoms with Crippen molar-refractivity contribution in [2.24, 2.45) is 5.92 Å². The van der Waals surface area contributed by atoms with Crippen molar-refractivity contribution in [3.8, 4) is 28.7 Å². The van der Waals surface area contributed by atoms with Crippen molar-refractivity contribution in [2.75, 3.05) is 25.5 Å². The molecule has 2 heterocycles. The van der Waals surface area contributed by atoms with Crippen LogP contribution in [0.5, 0.6) is 28.7 Å². The minimum Gasteiger partial charge on any atom is -0.497 e. The van der Waals surface area contributed by atoms with Crippen molar-refractivity contribution < 1.29 is 27.4 Å². The van der Waals surface area contributed by atoms with Gasteiger partial charge in [0, 0.05) is 19.2 Å². The van der Waals surface area contributed by atoms with Crippen LogP contribution in [-0.4, -0.2) is 38.8 Å². The van der Waals surface area contributed by atoms with Crippen LogP contribution in [0.2, 0.25) is 0 Å². The van der Waals surface area contributed by atoms with E-state index in [1.807, 2.05) is 0 Å². The molecule has 1 amide bonds. The standard InChI is InChI=1S/C26H26N2O6S/c1-17-11-13-28(14-12-17)35(30,31)25-15-20-23(34-22-6-4-3-5-21(22)27-26(20)29)16-24(25)33-19-9-7-18(32-2)8-10-19/h3-10,15-17H,11-14H2,1-2H3,(H,27,29). The Balaban J connectivity index is 1.61. The maximum Gasteiger partial charge on any atom is 0.259 e. The molecule has 3 aromatic rings. The molecule has 182 valence electrons. The van der Waals surface area contributed by atoms with Gasteiger partial charge in [0.2, 0.25) is 10.0 Å². The van der Waals surface area contributed by atoms with Crippen LogP contribution in [-0.2, 0) is 10.0 Å². The van der Waals surface area contributed by atoms with E-state index in [1.54, 1.807) is 55.6 Å². The fraction of sp³-hybridized carbons (Fsp3) is 0.269. The van der Waals surface area contributed by atoms with Crippen LogP contribution in [0.3, 0.4) is 0 Å². The summed E-state index contributed by atoms with van der Waals surface area (Å²) in [6.07, 6.45) is 1.55. The molecule has 0 saturated carbocycles. The third kappa shape index (κ3) is 4.56. The second-order valence-electron chi connectivity index (χ2n) is 8.71. The van der Waals surface area contributed by atoms with Crippen molar-refractivity contribution in [3.63, 3.8) is 0 Å². The molecule has 2 aliphatic heterocycles. The van der Waals surface area contributed by atoms with Gasteiger partial charge in [-0.2, -0.15) is 4.31 Å². The molecule has 8 nitrogen and oxygen atoms in total. The number of fused-ring (bicyclic) bond motifs is 2. The van der Waals surface area contributed by atoms with Gasteiger partial charge in [0.25, 0.3) is 5.91 Å². The number of hydrogen-bond acceptors (Lipinski definition) is 6. The first-order valence-corrected chi connectivity index (χ1v) is 12.9. The average Bonchev–Trinajstić information content (AvgIpc) is 2.99. The molecular formula is C26H26N2O6S. The monoisotopic (exact) mass is 494 g/mol. The largest absolute Gasteiger partial charge is 0.497 e. The van der Waals surface area contributed by atoms with E-state index in [1.165, 1.54) is 16.4 Å². The molecule has 2 aliphatic rings. The number of nitrogens with one attached hydrogen (secondary N) is 1. The van der Waals surface area contributed by atoms with Crippen LogP contribution in [0, 0.1) is 5.92 Å². The van der Waals surface area contributed by atoms with Crippen molar-refractivity contribution in [1.82, 2.24) is 4.31 Å². The van der Waals surface area contributed by atoms with E-state index in [4.69, 9.17) is 14.2 Å². The number of piperidine rings is 1. The summed E-state index contributed by atoms with van der Waals surface area (Å²) >= 11 is 0. The van der Waals surface area contributed by atoms with Crippen LogP contribution >= 0.6 is 0 Å². The van der Waals surface area contributed by atoms with Gasteiger partial charge in [-0.1, -0.05) is 19.1 Å². The van der Waals surface area contributed by atoms with Crippen LogP contribution < -0.4 is 19.5 Å². The first-order chi connectivity index (χ1) is 16.8. The summed E-state index contributed by atoms with van der Waals surface area (Å²) in [4.78, 5) is 13.0. The number of rotatable bonds is 5. The molecule has 3 aromatic carbocycles. The topological polar surface area (TPSA) is 94.2 Å². The number of benzene rings is 3. The minimum atomic E-state index is -3.94. The van der Waals surface area contributed by atoms with E-state index in [0.717, 1.165) is 12.8 Å². The molecule has 0 aliphatic carbocycles. The van der Waals surface area contributed by atoms with Crippen LogP contribution in [0.1, 0.15) is 30.1 Å². The van der Waals surface area contributed by atoms with Gasteiger partial charge in [-0.05, 0) is 61.2 Å². The number of ether oxygens (including phenoxy) is 3. The molecule has 0 spiro atoms. The van der Waals surface area contributed by atoms with Crippen LogP contribution in [0.25, 0.3) is 0 Å². The van der Waals surface area contributed by atoms with Gasteiger partial charge in [0.05, 0.1) is 18.4 Å². The Morgan fingerprint density at radius 3 is 2.37 bits per heavy atom. The Hall–Kier alpha value is -3.56. The highest BCUT2D eigenvalue weighted by molar-refractivity contribution is 7.89. The average molecular weight is 495 g/mol. The lowest BCUT2D eigenvalue weighted by atomic mass is 10.0. The predicted octanol–water partition coefficient (Wildman–Crippen LogP) is 5.27. The summed E-state index contributed by atoms with van der Waals surface area (Å²) < 4.78 is 46.3. The Labute approximate surface area is 204 Å². The molecule has 1 saturated heterocycles. The second-order valence-corrected chi connectivity index (χ2v) is 10.6.